The summed E-state index contributed by atoms with van der Waals surface area (Å²) in [5, 5.41) is 4.08. The number of thiocarbonyl (C=S) groups is 1. The highest BCUT2D eigenvalue weighted by molar-refractivity contribution is 7.80. The van der Waals surface area contributed by atoms with E-state index < -0.39 is 0 Å². The highest BCUT2D eigenvalue weighted by Gasteiger charge is 2.14. The number of nitrogens with one attached hydrogen (secondary N) is 1. The number of aromatic nitrogens is 1. The fourth-order valence-corrected chi connectivity index (χ4v) is 2.21. The van der Waals surface area contributed by atoms with Gasteiger partial charge in [-0.05, 0) is 49.8 Å². The maximum atomic E-state index is 5.54. The maximum absolute atomic E-state index is 5.54. The SMILES string of the molecule is CCC(C)NC(=S)N(Cc1ccccn1)Cc1ccco1. The standard InChI is InChI=1S/C16H21N3OS/c1-3-13(2)18-16(21)19(12-15-8-6-10-20-15)11-14-7-4-5-9-17-14/h4-10,13H,3,11-12H2,1-2H3,(H,18,21). The van der Waals surface area contributed by atoms with Crippen LogP contribution in [0.25, 0.3) is 0 Å². The van der Waals surface area contributed by atoms with E-state index in [4.69, 9.17) is 16.6 Å². The van der Waals surface area contributed by atoms with Gasteiger partial charge in [-0.3, -0.25) is 4.98 Å². The van der Waals surface area contributed by atoms with Gasteiger partial charge in [0.1, 0.15) is 5.76 Å². The van der Waals surface area contributed by atoms with Crippen LogP contribution in [0.5, 0.6) is 0 Å². The fraction of sp³-hybridized carbons (Fsp3) is 0.375. The highest BCUT2D eigenvalue weighted by Crippen LogP contribution is 2.10. The Morgan fingerprint density at radius 1 is 1.33 bits per heavy atom. The van der Waals surface area contributed by atoms with Crippen molar-refractivity contribution in [2.75, 3.05) is 0 Å². The largest absolute Gasteiger partial charge is 0.467 e. The van der Waals surface area contributed by atoms with Crippen molar-refractivity contribution in [3.8, 4) is 0 Å². The molecule has 0 aliphatic carbocycles. The van der Waals surface area contributed by atoms with Crippen molar-refractivity contribution in [1.82, 2.24) is 15.2 Å². The average Bonchev–Trinajstić information content (AvgIpc) is 3.00. The third kappa shape index (κ3) is 4.86. The zero-order chi connectivity index (χ0) is 15.1. The molecule has 21 heavy (non-hydrogen) atoms. The summed E-state index contributed by atoms with van der Waals surface area (Å²) in [6, 6.07) is 10.1. The van der Waals surface area contributed by atoms with Crippen LogP contribution in [0, 0.1) is 0 Å². The molecule has 2 heterocycles. The van der Waals surface area contributed by atoms with Crippen LogP contribution in [0.15, 0.2) is 47.2 Å². The fourth-order valence-electron chi connectivity index (χ4n) is 1.88. The van der Waals surface area contributed by atoms with Gasteiger partial charge in [0, 0.05) is 12.2 Å². The molecule has 0 saturated carbocycles. The number of hydrogen-bond acceptors (Lipinski definition) is 3. The van der Waals surface area contributed by atoms with Gasteiger partial charge in [0.2, 0.25) is 0 Å². The molecule has 1 N–H and O–H groups in total. The lowest BCUT2D eigenvalue weighted by molar-refractivity contribution is 0.344. The molecule has 4 nitrogen and oxygen atoms in total. The van der Waals surface area contributed by atoms with Gasteiger partial charge in [-0.1, -0.05) is 13.0 Å². The summed E-state index contributed by atoms with van der Waals surface area (Å²) in [4.78, 5) is 6.44. The van der Waals surface area contributed by atoms with Crippen LogP contribution in [0.4, 0.5) is 0 Å². The molecule has 5 heteroatoms. The lowest BCUT2D eigenvalue weighted by Gasteiger charge is -2.26. The third-order valence-electron chi connectivity index (χ3n) is 3.28. The van der Waals surface area contributed by atoms with Crippen molar-refractivity contribution in [1.29, 1.82) is 0 Å². The van der Waals surface area contributed by atoms with E-state index in [1.54, 1.807) is 12.5 Å². The predicted molar refractivity (Wildman–Crippen MR) is 87.7 cm³/mol. The summed E-state index contributed by atoms with van der Waals surface area (Å²) in [5.41, 5.74) is 0.984. The Labute approximate surface area is 131 Å². The Kier molecular flexibility index (Phi) is 5.75. The molecule has 0 amide bonds. The summed E-state index contributed by atoms with van der Waals surface area (Å²) in [6.45, 7) is 5.55. The monoisotopic (exact) mass is 303 g/mol. The molecule has 0 bridgehead atoms. The Morgan fingerprint density at radius 3 is 2.81 bits per heavy atom. The van der Waals surface area contributed by atoms with E-state index in [1.165, 1.54) is 0 Å². The molecular formula is C16H21N3OS. The normalized spacial score (nSPS) is 11.9. The summed E-state index contributed by atoms with van der Waals surface area (Å²) in [7, 11) is 0. The molecule has 0 fully saturated rings. The lowest BCUT2D eigenvalue weighted by atomic mass is 10.2. The van der Waals surface area contributed by atoms with Gasteiger partial charge >= 0.3 is 0 Å². The van der Waals surface area contributed by atoms with E-state index in [1.807, 2.05) is 30.3 Å². The van der Waals surface area contributed by atoms with E-state index >= 15 is 0 Å². The van der Waals surface area contributed by atoms with Crippen LogP contribution in [-0.4, -0.2) is 21.0 Å². The molecule has 2 aromatic rings. The predicted octanol–water partition coefficient (Wildman–Crippen LogP) is 3.35. The zero-order valence-electron chi connectivity index (χ0n) is 12.5. The van der Waals surface area contributed by atoms with Gasteiger partial charge in [0.15, 0.2) is 5.11 Å². The lowest BCUT2D eigenvalue weighted by Crippen LogP contribution is -2.42. The Balaban J connectivity index is 2.07. The third-order valence-corrected chi connectivity index (χ3v) is 3.65. The number of furan rings is 1. The van der Waals surface area contributed by atoms with E-state index in [0.717, 1.165) is 23.0 Å². The Hall–Kier alpha value is -1.88. The minimum Gasteiger partial charge on any atom is -0.467 e. The van der Waals surface area contributed by atoms with Crippen LogP contribution in [-0.2, 0) is 13.1 Å². The maximum Gasteiger partial charge on any atom is 0.169 e. The molecule has 0 radical (unpaired) electrons. The Bertz CT molecular complexity index is 542. The Morgan fingerprint density at radius 2 is 2.19 bits per heavy atom. The zero-order valence-corrected chi connectivity index (χ0v) is 13.3. The first-order chi connectivity index (χ1) is 10.2. The van der Waals surface area contributed by atoms with Gasteiger partial charge in [0.05, 0.1) is 25.0 Å². The molecule has 0 aromatic carbocycles. The molecule has 0 spiro atoms. The van der Waals surface area contributed by atoms with Crippen molar-refractivity contribution < 1.29 is 4.42 Å². The van der Waals surface area contributed by atoms with Crippen molar-refractivity contribution in [2.45, 2.75) is 39.4 Å². The number of rotatable bonds is 6. The molecular weight excluding hydrogens is 282 g/mol. The van der Waals surface area contributed by atoms with E-state index in [-0.39, 0.29) is 0 Å². The molecule has 112 valence electrons. The smallest absolute Gasteiger partial charge is 0.169 e. The quantitative estimate of drug-likeness (QED) is 0.829. The van der Waals surface area contributed by atoms with E-state index in [0.29, 0.717) is 19.1 Å². The summed E-state index contributed by atoms with van der Waals surface area (Å²) in [6.07, 6.45) is 4.50. The second-order valence-electron chi connectivity index (χ2n) is 5.02. The van der Waals surface area contributed by atoms with Gasteiger partial charge < -0.3 is 14.6 Å². The van der Waals surface area contributed by atoms with Gasteiger partial charge in [-0.25, -0.2) is 0 Å². The number of nitrogens with zero attached hydrogens (tertiary/aromatic N) is 2. The minimum absolute atomic E-state index is 0.348. The topological polar surface area (TPSA) is 41.3 Å². The molecule has 0 saturated heterocycles. The van der Waals surface area contributed by atoms with Crippen LogP contribution < -0.4 is 5.32 Å². The first-order valence-corrected chi connectivity index (χ1v) is 7.57. The van der Waals surface area contributed by atoms with Crippen molar-refractivity contribution in [2.24, 2.45) is 0 Å². The highest BCUT2D eigenvalue weighted by atomic mass is 32.1. The molecule has 2 aromatic heterocycles. The summed E-state index contributed by atoms with van der Waals surface area (Å²) in [5.74, 6) is 0.888. The second kappa shape index (κ2) is 7.78. The number of hydrogen-bond donors (Lipinski definition) is 1. The van der Waals surface area contributed by atoms with Crippen LogP contribution in [0.3, 0.4) is 0 Å². The molecule has 1 unspecified atom stereocenters. The second-order valence-corrected chi connectivity index (χ2v) is 5.40. The van der Waals surface area contributed by atoms with Crippen molar-refractivity contribution >= 4 is 17.3 Å². The molecule has 1 atom stereocenters. The number of pyridine rings is 1. The molecule has 2 rings (SSSR count). The minimum atomic E-state index is 0.348. The van der Waals surface area contributed by atoms with E-state index in [2.05, 4.69) is 29.0 Å². The summed E-state index contributed by atoms with van der Waals surface area (Å²) >= 11 is 5.54. The first-order valence-electron chi connectivity index (χ1n) is 7.16. The van der Waals surface area contributed by atoms with Crippen molar-refractivity contribution in [3.63, 3.8) is 0 Å². The van der Waals surface area contributed by atoms with Crippen LogP contribution in [0.1, 0.15) is 31.7 Å². The van der Waals surface area contributed by atoms with Gasteiger partial charge in [0.25, 0.3) is 0 Å². The molecule has 0 aliphatic rings. The van der Waals surface area contributed by atoms with E-state index in [9.17, 15) is 0 Å². The van der Waals surface area contributed by atoms with Crippen LogP contribution in [0.2, 0.25) is 0 Å². The summed E-state index contributed by atoms with van der Waals surface area (Å²) < 4.78 is 5.43. The first kappa shape index (κ1) is 15.5. The van der Waals surface area contributed by atoms with Crippen molar-refractivity contribution in [3.05, 3.63) is 54.2 Å². The van der Waals surface area contributed by atoms with Crippen LogP contribution >= 0.6 is 12.2 Å². The average molecular weight is 303 g/mol. The molecule has 0 aliphatic heterocycles. The van der Waals surface area contributed by atoms with Gasteiger partial charge in [-0.2, -0.15) is 0 Å². The van der Waals surface area contributed by atoms with Gasteiger partial charge in [-0.15, -0.1) is 0 Å².